The standard InChI is InChI=1S/C12H15N3OS/c1-3-13-11-9(2)12(15-8-14-11)16-7-10-5-4-6-17-10/h4-6,8H,3,7H2,1-2H3,(H,13,14,15). The molecule has 0 amide bonds. The van der Waals surface area contributed by atoms with Crippen LogP contribution in [0.25, 0.3) is 0 Å². The molecule has 2 heterocycles. The van der Waals surface area contributed by atoms with Crippen molar-refractivity contribution in [2.24, 2.45) is 0 Å². The number of rotatable bonds is 5. The number of aromatic nitrogens is 2. The van der Waals surface area contributed by atoms with Crippen LogP contribution in [0.5, 0.6) is 5.88 Å². The molecule has 17 heavy (non-hydrogen) atoms. The second-order valence-corrected chi connectivity index (χ2v) is 4.58. The molecule has 0 unspecified atom stereocenters. The predicted molar refractivity (Wildman–Crippen MR) is 69.6 cm³/mol. The Kier molecular flexibility index (Phi) is 3.93. The Morgan fingerprint density at radius 1 is 1.41 bits per heavy atom. The van der Waals surface area contributed by atoms with Gasteiger partial charge in [0, 0.05) is 11.4 Å². The summed E-state index contributed by atoms with van der Waals surface area (Å²) in [7, 11) is 0. The number of hydrogen-bond donors (Lipinski definition) is 1. The number of nitrogens with zero attached hydrogens (tertiary/aromatic N) is 2. The van der Waals surface area contributed by atoms with Crippen molar-refractivity contribution < 1.29 is 4.74 Å². The van der Waals surface area contributed by atoms with E-state index >= 15 is 0 Å². The van der Waals surface area contributed by atoms with E-state index in [1.54, 1.807) is 11.3 Å². The minimum absolute atomic E-state index is 0.557. The second-order valence-electron chi connectivity index (χ2n) is 3.55. The summed E-state index contributed by atoms with van der Waals surface area (Å²) in [6.45, 7) is 5.39. The molecule has 0 aliphatic rings. The van der Waals surface area contributed by atoms with Gasteiger partial charge in [0.25, 0.3) is 0 Å². The highest BCUT2D eigenvalue weighted by molar-refractivity contribution is 7.09. The van der Waals surface area contributed by atoms with Gasteiger partial charge in [-0.05, 0) is 25.3 Å². The van der Waals surface area contributed by atoms with Crippen LogP contribution in [0.2, 0.25) is 0 Å². The fraction of sp³-hybridized carbons (Fsp3) is 0.333. The lowest BCUT2D eigenvalue weighted by Crippen LogP contribution is -2.05. The number of hydrogen-bond acceptors (Lipinski definition) is 5. The Hall–Kier alpha value is -1.62. The summed E-state index contributed by atoms with van der Waals surface area (Å²) in [4.78, 5) is 9.51. The number of thiophene rings is 1. The maximum absolute atomic E-state index is 5.69. The quantitative estimate of drug-likeness (QED) is 0.885. The molecule has 0 aliphatic heterocycles. The lowest BCUT2D eigenvalue weighted by molar-refractivity contribution is 0.294. The average molecular weight is 249 g/mol. The summed E-state index contributed by atoms with van der Waals surface area (Å²) >= 11 is 1.68. The zero-order chi connectivity index (χ0) is 12.1. The van der Waals surface area contributed by atoms with E-state index in [-0.39, 0.29) is 0 Å². The van der Waals surface area contributed by atoms with E-state index in [0.717, 1.165) is 17.9 Å². The minimum Gasteiger partial charge on any atom is -0.472 e. The largest absolute Gasteiger partial charge is 0.472 e. The van der Waals surface area contributed by atoms with Crippen molar-refractivity contribution in [3.05, 3.63) is 34.3 Å². The van der Waals surface area contributed by atoms with Crippen LogP contribution in [0.1, 0.15) is 17.4 Å². The first-order chi connectivity index (χ1) is 8.31. The summed E-state index contributed by atoms with van der Waals surface area (Å²) in [6, 6.07) is 4.06. The topological polar surface area (TPSA) is 47.0 Å². The van der Waals surface area contributed by atoms with Gasteiger partial charge in [-0.2, -0.15) is 0 Å². The summed E-state index contributed by atoms with van der Waals surface area (Å²) in [6.07, 6.45) is 1.52. The molecule has 0 bridgehead atoms. The molecule has 2 aromatic heterocycles. The van der Waals surface area contributed by atoms with Gasteiger partial charge in [0.05, 0.1) is 5.56 Å². The van der Waals surface area contributed by atoms with Crippen LogP contribution >= 0.6 is 11.3 Å². The van der Waals surface area contributed by atoms with Gasteiger partial charge in [0.2, 0.25) is 5.88 Å². The predicted octanol–water partition coefficient (Wildman–Crippen LogP) is 2.86. The van der Waals surface area contributed by atoms with Gasteiger partial charge in [-0.1, -0.05) is 6.07 Å². The third-order valence-electron chi connectivity index (χ3n) is 2.31. The van der Waals surface area contributed by atoms with Crippen LogP contribution in [0, 0.1) is 6.92 Å². The lowest BCUT2D eigenvalue weighted by atomic mass is 10.3. The number of nitrogens with one attached hydrogen (secondary N) is 1. The molecule has 1 N–H and O–H groups in total. The Morgan fingerprint density at radius 3 is 3.00 bits per heavy atom. The van der Waals surface area contributed by atoms with Gasteiger partial charge in [-0.15, -0.1) is 11.3 Å². The Morgan fingerprint density at radius 2 is 2.29 bits per heavy atom. The number of ether oxygens (including phenoxy) is 1. The second kappa shape index (κ2) is 5.63. The highest BCUT2D eigenvalue weighted by Crippen LogP contribution is 2.21. The van der Waals surface area contributed by atoms with Crippen LogP contribution in [0.3, 0.4) is 0 Å². The summed E-state index contributed by atoms with van der Waals surface area (Å²) in [5, 5.41) is 5.22. The summed E-state index contributed by atoms with van der Waals surface area (Å²) in [5.74, 6) is 1.48. The van der Waals surface area contributed by atoms with Crippen molar-refractivity contribution in [1.29, 1.82) is 0 Å². The van der Waals surface area contributed by atoms with E-state index in [1.165, 1.54) is 11.2 Å². The van der Waals surface area contributed by atoms with Crippen LogP contribution in [0.15, 0.2) is 23.8 Å². The molecular formula is C12H15N3OS. The van der Waals surface area contributed by atoms with Crippen molar-refractivity contribution in [3.8, 4) is 5.88 Å². The highest BCUT2D eigenvalue weighted by atomic mass is 32.1. The third-order valence-corrected chi connectivity index (χ3v) is 3.16. The van der Waals surface area contributed by atoms with E-state index in [2.05, 4.69) is 15.3 Å². The lowest BCUT2D eigenvalue weighted by Gasteiger charge is -2.10. The van der Waals surface area contributed by atoms with Crippen LogP contribution < -0.4 is 10.1 Å². The van der Waals surface area contributed by atoms with E-state index in [9.17, 15) is 0 Å². The first kappa shape index (κ1) is 11.9. The van der Waals surface area contributed by atoms with Gasteiger partial charge in [-0.3, -0.25) is 0 Å². The normalized spacial score (nSPS) is 10.2. The van der Waals surface area contributed by atoms with Crippen LogP contribution in [0.4, 0.5) is 5.82 Å². The van der Waals surface area contributed by atoms with Crippen LogP contribution in [-0.4, -0.2) is 16.5 Å². The van der Waals surface area contributed by atoms with Gasteiger partial charge in [0.15, 0.2) is 0 Å². The van der Waals surface area contributed by atoms with E-state index in [4.69, 9.17) is 4.74 Å². The molecule has 0 spiro atoms. The van der Waals surface area contributed by atoms with Gasteiger partial charge < -0.3 is 10.1 Å². The van der Waals surface area contributed by atoms with Crippen molar-refractivity contribution in [2.45, 2.75) is 20.5 Å². The Balaban J connectivity index is 2.07. The summed E-state index contributed by atoms with van der Waals surface area (Å²) in [5.41, 5.74) is 0.950. The molecule has 90 valence electrons. The smallest absolute Gasteiger partial charge is 0.221 e. The Labute approximate surface area is 105 Å². The van der Waals surface area contributed by atoms with Crippen molar-refractivity contribution in [2.75, 3.05) is 11.9 Å². The van der Waals surface area contributed by atoms with Crippen molar-refractivity contribution in [1.82, 2.24) is 9.97 Å². The molecule has 0 fully saturated rings. The number of anilines is 1. The molecule has 0 aromatic carbocycles. The molecule has 0 radical (unpaired) electrons. The van der Waals surface area contributed by atoms with Gasteiger partial charge in [0.1, 0.15) is 18.8 Å². The van der Waals surface area contributed by atoms with Crippen molar-refractivity contribution >= 4 is 17.2 Å². The monoisotopic (exact) mass is 249 g/mol. The average Bonchev–Trinajstić information content (AvgIpc) is 2.83. The fourth-order valence-electron chi connectivity index (χ4n) is 1.46. The maximum atomic E-state index is 5.69. The zero-order valence-electron chi connectivity index (χ0n) is 9.93. The molecule has 5 heteroatoms. The first-order valence-corrected chi connectivity index (χ1v) is 6.40. The highest BCUT2D eigenvalue weighted by Gasteiger charge is 2.07. The SMILES string of the molecule is CCNc1ncnc(OCc2cccs2)c1C. The molecule has 0 atom stereocenters. The van der Waals surface area contributed by atoms with E-state index in [0.29, 0.717) is 12.5 Å². The fourth-order valence-corrected chi connectivity index (χ4v) is 2.08. The minimum atomic E-state index is 0.557. The molecule has 0 aliphatic carbocycles. The van der Waals surface area contributed by atoms with E-state index < -0.39 is 0 Å². The molecule has 2 aromatic rings. The third kappa shape index (κ3) is 2.94. The van der Waals surface area contributed by atoms with Crippen molar-refractivity contribution in [3.63, 3.8) is 0 Å². The van der Waals surface area contributed by atoms with Gasteiger partial charge >= 0.3 is 0 Å². The first-order valence-electron chi connectivity index (χ1n) is 5.52. The maximum Gasteiger partial charge on any atom is 0.221 e. The molecule has 0 saturated carbocycles. The summed E-state index contributed by atoms with van der Waals surface area (Å²) < 4.78 is 5.69. The van der Waals surface area contributed by atoms with E-state index in [1.807, 2.05) is 31.4 Å². The molecule has 4 nitrogen and oxygen atoms in total. The zero-order valence-corrected chi connectivity index (χ0v) is 10.8. The van der Waals surface area contributed by atoms with Gasteiger partial charge in [-0.25, -0.2) is 9.97 Å². The molecular weight excluding hydrogens is 234 g/mol. The Bertz CT molecular complexity index is 471. The molecule has 0 saturated heterocycles. The molecule has 2 rings (SSSR count). The van der Waals surface area contributed by atoms with Crippen LogP contribution in [-0.2, 0) is 6.61 Å².